The van der Waals surface area contributed by atoms with Crippen molar-refractivity contribution < 1.29 is 19.1 Å². The lowest BCUT2D eigenvalue weighted by molar-refractivity contribution is -0.139. The van der Waals surface area contributed by atoms with Gasteiger partial charge in [0.1, 0.15) is 5.82 Å². The Morgan fingerprint density at radius 2 is 1.63 bits per heavy atom. The Balaban J connectivity index is 2.99. The quantitative estimate of drug-likeness (QED) is 0.830. The molecule has 0 radical (unpaired) electrons. The fraction of sp³-hybridized carbons (Fsp3) is 0.467. The maximum Gasteiger partial charge on any atom is 0.303 e. The molecule has 0 spiro atoms. The van der Waals surface area contributed by atoms with Gasteiger partial charge in [-0.25, -0.2) is 4.39 Å². The highest BCUT2D eigenvalue weighted by atomic mass is 19.1. The number of rotatable bonds is 5. The van der Waals surface area contributed by atoms with E-state index in [4.69, 9.17) is 5.11 Å². The zero-order valence-corrected chi connectivity index (χ0v) is 11.7. The fourth-order valence-electron chi connectivity index (χ4n) is 2.35. The van der Waals surface area contributed by atoms with E-state index in [0.717, 1.165) is 0 Å². The molecule has 0 unspecified atom stereocenters. The van der Waals surface area contributed by atoms with Gasteiger partial charge in [0.2, 0.25) is 0 Å². The van der Waals surface area contributed by atoms with Gasteiger partial charge in [0.25, 0.3) is 0 Å². The standard InChI is InChI=1S/C15H19FO3/c1-9-5-11(16)6-10(2)14(9)12(17)7-15(3,4)8-13(18)19/h5-6H,7-8H2,1-4H3,(H,18,19). The van der Waals surface area contributed by atoms with Crippen LogP contribution in [0.1, 0.15) is 48.2 Å². The molecule has 19 heavy (non-hydrogen) atoms. The Hall–Kier alpha value is -1.71. The normalized spacial score (nSPS) is 11.4. The van der Waals surface area contributed by atoms with Crippen LogP contribution in [-0.4, -0.2) is 16.9 Å². The van der Waals surface area contributed by atoms with Gasteiger partial charge in [-0.15, -0.1) is 0 Å². The summed E-state index contributed by atoms with van der Waals surface area (Å²) in [7, 11) is 0. The molecule has 0 aromatic heterocycles. The minimum Gasteiger partial charge on any atom is -0.481 e. The summed E-state index contributed by atoms with van der Waals surface area (Å²) in [5.74, 6) is -1.43. The molecule has 0 saturated carbocycles. The highest BCUT2D eigenvalue weighted by Gasteiger charge is 2.27. The Labute approximate surface area is 112 Å². The van der Waals surface area contributed by atoms with E-state index in [2.05, 4.69) is 0 Å². The molecule has 1 aromatic carbocycles. The third-order valence-electron chi connectivity index (χ3n) is 3.05. The van der Waals surface area contributed by atoms with Crippen molar-refractivity contribution in [3.8, 4) is 0 Å². The number of aryl methyl sites for hydroxylation is 2. The maximum atomic E-state index is 13.2. The molecule has 0 heterocycles. The molecule has 1 rings (SSSR count). The zero-order chi connectivity index (χ0) is 14.8. The third kappa shape index (κ3) is 4.16. The molecule has 4 heteroatoms. The average molecular weight is 266 g/mol. The van der Waals surface area contributed by atoms with E-state index in [-0.39, 0.29) is 24.4 Å². The molecule has 0 aliphatic rings. The van der Waals surface area contributed by atoms with E-state index in [1.807, 2.05) is 0 Å². The minimum atomic E-state index is -0.926. The maximum absolute atomic E-state index is 13.2. The number of carboxylic acid groups (broad SMARTS) is 1. The zero-order valence-electron chi connectivity index (χ0n) is 11.7. The Kier molecular flexibility index (Phi) is 4.45. The van der Waals surface area contributed by atoms with Crippen LogP contribution < -0.4 is 0 Å². The molecule has 104 valence electrons. The molecule has 0 atom stereocenters. The second-order valence-corrected chi connectivity index (χ2v) is 5.75. The lowest BCUT2D eigenvalue weighted by Gasteiger charge is -2.22. The van der Waals surface area contributed by atoms with E-state index in [9.17, 15) is 14.0 Å². The summed E-state index contributed by atoms with van der Waals surface area (Å²) in [4.78, 5) is 23.0. The van der Waals surface area contributed by atoms with E-state index in [1.165, 1.54) is 12.1 Å². The van der Waals surface area contributed by atoms with Gasteiger partial charge in [0, 0.05) is 12.0 Å². The van der Waals surface area contributed by atoms with Crippen LogP contribution >= 0.6 is 0 Å². The predicted molar refractivity (Wildman–Crippen MR) is 70.9 cm³/mol. The molecule has 0 aliphatic carbocycles. The molecule has 0 aliphatic heterocycles. The van der Waals surface area contributed by atoms with Crippen LogP contribution in [0, 0.1) is 25.1 Å². The van der Waals surface area contributed by atoms with Crippen LogP contribution in [0.15, 0.2) is 12.1 Å². The van der Waals surface area contributed by atoms with E-state index in [0.29, 0.717) is 16.7 Å². The number of Topliss-reactive ketones (excluding diaryl/α,β-unsaturated/α-hetero) is 1. The molecule has 1 N–H and O–H groups in total. The van der Waals surface area contributed by atoms with Crippen LogP contribution in [0.2, 0.25) is 0 Å². The number of hydrogen-bond donors (Lipinski definition) is 1. The number of hydrogen-bond acceptors (Lipinski definition) is 2. The fourth-order valence-corrected chi connectivity index (χ4v) is 2.35. The number of benzene rings is 1. The van der Waals surface area contributed by atoms with Gasteiger partial charge in [-0.2, -0.15) is 0 Å². The Morgan fingerprint density at radius 1 is 1.16 bits per heavy atom. The topological polar surface area (TPSA) is 54.4 Å². The summed E-state index contributed by atoms with van der Waals surface area (Å²) < 4.78 is 13.2. The molecule has 0 saturated heterocycles. The van der Waals surface area contributed by atoms with E-state index < -0.39 is 11.4 Å². The van der Waals surface area contributed by atoms with Crippen molar-refractivity contribution in [3.05, 3.63) is 34.6 Å². The van der Waals surface area contributed by atoms with Crippen molar-refractivity contribution in [2.75, 3.05) is 0 Å². The predicted octanol–water partition coefficient (Wildman–Crippen LogP) is 3.52. The second-order valence-electron chi connectivity index (χ2n) is 5.75. The molecular formula is C15H19FO3. The van der Waals surface area contributed by atoms with Crippen molar-refractivity contribution in [2.24, 2.45) is 5.41 Å². The van der Waals surface area contributed by atoms with E-state index >= 15 is 0 Å². The largest absolute Gasteiger partial charge is 0.481 e. The van der Waals surface area contributed by atoms with Gasteiger partial charge >= 0.3 is 5.97 Å². The SMILES string of the molecule is Cc1cc(F)cc(C)c1C(=O)CC(C)(C)CC(=O)O. The van der Waals surface area contributed by atoms with Crippen LogP contribution in [0.4, 0.5) is 4.39 Å². The average Bonchev–Trinajstić information content (AvgIpc) is 2.10. The molecule has 0 fully saturated rings. The lowest BCUT2D eigenvalue weighted by Crippen LogP contribution is -2.22. The summed E-state index contributed by atoms with van der Waals surface area (Å²) >= 11 is 0. The summed E-state index contributed by atoms with van der Waals surface area (Å²) in [6.45, 7) is 6.86. The molecular weight excluding hydrogens is 247 g/mol. The van der Waals surface area contributed by atoms with Gasteiger partial charge in [0.05, 0.1) is 6.42 Å². The number of carboxylic acids is 1. The smallest absolute Gasteiger partial charge is 0.303 e. The molecule has 1 aromatic rings. The van der Waals surface area contributed by atoms with Gasteiger partial charge in [0.15, 0.2) is 5.78 Å². The lowest BCUT2D eigenvalue weighted by atomic mass is 9.81. The minimum absolute atomic E-state index is 0.0714. The van der Waals surface area contributed by atoms with Gasteiger partial charge < -0.3 is 5.11 Å². The first-order valence-electron chi connectivity index (χ1n) is 6.14. The first kappa shape index (κ1) is 15.3. The highest BCUT2D eigenvalue weighted by Crippen LogP contribution is 2.29. The summed E-state index contributed by atoms with van der Waals surface area (Å²) in [5.41, 5.74) is 1.07. The van der Waals surface area contributed by atoms with E-state index in [1.54, 1.807) is 27.7 Å². The summed E-state index contributed by atoms with van der Waals surface area (Å²) in [6.07, 6.45) is 0.0602. The monoisotopic (exact) mass is 266 g/mol. The van der Waals surface area contributed by atoms with Crippen LogP contribution in [0.5, 0.6) is 0 Å². The molecule has 0 bridgehead atoms. The number of carbonyl (C=O) groups is 2. The molecule has 3 nitrogen and oxygen atoms in total. The second kappa shape index (κ2) is 5.51. The van der Waals surface area contributed by atoms with Crippen molar-refractivity contribution in [1.29, 1.82) is 0 Å². The van der Waals surface area contributed by atoms with Crippen molar-refractivity contribution in [3.63, 3.8) is 0 Å². The highest BCUT2D eigenvalue weighted by molar-refractivity contribution is 5.99. The van der Waals surface area contributed by atoms with Gasteiger partial charge in [-0.1, -0.05) is 13.8 Å². The van der Waals surface area contributed by atoms with Crippen molar-refractivity contribution in [1.82, 2.24) is 0 Å². The Bertz CT molecular complexity index is 495. The first-order chi connectivity index (χ1) is 8.62. The van der Waals surface area contributed by atoms with Gasteiger partial charge in [-0.3, -0.25) is 9.59 Å². The first-order valence-corrected chi connectivity index (χ1v) is 6.14. The van der Waals surface area contributed by atoms with Crippen molar-refractivity contribution in [2.45, 2.75) is 40.5 Å². The molecule has 0 amide bonds. The van der Waals surface area contributed by atoms with Crippen LogP contribution in [-0.2, 0) is 4.79 Å². The number of aliphatic carboxylic acids is 1. The Morgan fingerprint density at radius 3 is 2.05 bits per heavy atom. The number of carbonyl (C=O) groups excluding carboxylic acids is 1. The summed E-state index contributed by atoms with van der Waals surface area (Å²) in [6, 6.07) is 2.65. The van der Waals surface area contributed by atoms with Crippen molar-refractivity contribution >= 4 is 11.8 Å². The van der Waals surface area contributed by atoms with Crippen LogP contribution in [0.25, 0.3) is 0 Å². The van der Waals surface area contributed by atoms with Gasteiger partial charge in [-0.05, 0) is 42.5 Å². The third-order valence-corrected chi connectivity index (χ3v) is 3.05. The summed E-state index contributed by atoms with van der Waals surface area (Å²) in [5, 5.41) is 8.82. The number of halogens is 1. The number of ketones is 1. The van der Waals surface area contributed by atoms with Crippen LogP contribution in [0.3, 0.4) is 0 Å².